The van der Waals surface area contributed by atoms with E-state index in [1.165, 1.54) is 26.3 Å². The van der Waals surface area contributed by atoms with E-state index in [1.807, 2.05) is 0 Å². The Bertz CT molecular complexity index is 930. The summed E-state index contributed by atoms with van der Waals surface area (Å²) in [6.45, 7) is 1.33. The second kappa shape index (κ2) is 6.99. The molecule has 134 valence electrons. The van der Waals surface area contributed by atoms with Gasteiger partial charge >= 0.3 is 6.18 Å². The number of ether oxygens (including phenoxy) is 2. The summed E-state index contributed by atoms with van der Waals surface area (Å²) in [5.41, 5.74) is 0.260. The van der Waals surface area contributed by atoms with Crippen LogP contribution >= 0.6 is 0 Å². The van der Waals surface area contributed by atoms with Crippen LogP contribution in [0, 0.1) is 6.92 Å². The van der Waals surface area contributed by atoms with Crippen LogP contribution in [0.4, 0.5) is 13.2 Å². The largest absolute Gasteiger partial charge is 0.496 e. The maximum Gasteiger partial charge on any atom is 0.433 e. The fourth-order valence-electron chi connectivity index (χ4n) is 2.45. The molecule has 8 heteroatoms. The molecule has 0 aromatic carbocycles. The van der Waals surface area contributed by atoms with E-state index in [1.54, 1.807) is 30.6 Å². The van der Waals surface area contributed by atoms with Crippen LogP contribution in [0.3, 0.4) is 0 Å². The Morgan fingerprint density at radius 2 is 1.81 bits per heavy atom. The van der Waals surface area contributed by atoms with Gasteiger partial charge in [0, 0.05) is 29.7 Å². The second-order valence-corrected chi connectivity index (χ2v) is 5.37. The van der Waals surface area contributed by atoms with Gasteiger partial charge in [-0.25, -0.2) is 9.97 Å². The molecule has 0 saturated carbocycles. The Hall–Kier alpha value is -3.16. The molecule has 3 aromatic heterocycles. The molecule has 5 nitrogen and oxygen atoms in total. The lowest BCUT2D eigenvalue weighted by atomic mass is 10.1. The first kappa shape index (κ1) is 17.7. The Kier molecular flexibility index (Phi) is 4.75. The number of nitrogens with zero attached hydrogens (tertiary/aromatic N) is 3. The van der Waals surface area contributed by atoms with Crippen molar-refractivity contribution in [3.05, 3.63) is 60.3 Å². The third kappa shape index (κ3) is 3.58. The summed E-state index contributed by atoms with van der Waals surface area (Å²) in [6.07, 6.45) is 1.21. The van der Waals surface area contributed by atoms with Crippen LogP contribution in [0.1, 0.15) is 11.3 Å². The standard InChI is InChI=1S/C18H14F3N3O2/c1-11-8-12(9-24-16(11)18(19,20)21)26-17-13(4-3-6-23-17)14-10-22-7-5-15(14)25-2/h3-10H,1-2H3. The van der Waals surface area contributed by atoms with Gasteiger partial charge in [-0.05, 0) is 36.8 Å². The van der Waals surface area contributed by atoms with Crippen LogP contribution in [0.5, 0.6) is 17.4 Å². The molecule has 0 bridgehead atoms. The zero-order valence-corrected chi connectivity index (χ0v) is 13.9. The number of pyridine rings is 3. The van der Waals surface area contributed by atoms with Crippen LogP contribution in [0.2, 0.25) is 0 Å². The highest BCUT2D eigenvalue weighted by Gasteiger charge is 2.34. The van der Waals surface area contributed by atoms with Crippen molar-refractivity contribution in [1.82, 2.24) is 15.0 Å². The number of aryl methyl sites for hydroxylation is 1. The molecule has 0 radical (unpaired) electrons. The highest BCUT2D eigenvalue weighted by Crippen LogP contribution is 2.37. The van der Waals surface area contributed by atoms with Crippen molar-refractivity contribution in [3.63, 3.8) is 0 Å². The topological polar surface area (TPSA) is 57.1 Å². The monoisotopic (exact) mass is 361 g/mol. The first-order chi connectivity index (χ1) is 12.4. The lowest BCUT2D eigenvalue weighted by Gasteiger charge is -2.14. The van der Waals surface area contributed by atoms with Gasteiger partial charge in [0.1, 0.15) is 17.2 Å². The van der Waals surface area contributed by atoms with Crippen LogP contribution in [-0.4, -0.2) is 22.1 Å². The Morgan fingerprint density at radius 3 is 2.50 bits per heavy atom. The smallest absolute Gasteiger partial charge is 0.433 e. The minimum atomic E-state index is -4.51. The Morgan fingerprint density at radius 1 is 1.00 bits per heavy atom. The predicted octanol–water partition coefficient (Wildman–Crippen LogP) is 4.67. The quantitative estimate of drug-likeness (QED) is 0.676. The van der Waals surface area contributed by atoms with E-state index >= 15 is 0 Å². The Labute approximate surface area is 147 Å². The van der Waals surface area contributed by atoms with E-state index < -0.39 is 11.9 Å². The third-order valence-electron chi connectivity index (χ3n) is 3.60. The number of methoxy groups -OCH3 is 1. The summed E-state index contributed by atoms with van der Waals surface area (Å²) in [5.74, 6) is 0.928. The van der Waals surface area contributed by atoms with Crippen molar-refractivity contribution in [3.8, 4) is 28.5 Å². The molecule has 0 aliphatic carbocycles. The van der Waals surface area contributed by atoms with Crippen molar-refractivity contribution in [2.75, 3.05) is 7.11 Å². The summed E-state index contributed by atoms with van der Waals surface area (Å²) < 4.78 is 49.5. The van der Waals surface area contributed by atoms with Crippen LogP contribution < -0.4 is 9.47 Å². The summed E-state index contributed by atoms with van der Waals surface area (Å²) in [4.78, 5) is 11.7. The molecule has 3 aromatic rings. The van der Waals surface area contributed by atoms with Gasteiger partial charge in [0.15, 0.2) is 0 Å². The van der Waals surface area contributed by atoms with Crippen molar-refractivity contribution in [2.45, 2.75) is 13.1 Å². The van der Waals surface area contributed by atoms with Gasteiger partial charge in [0.2, 0.25) is 5.88 Å². The van der Waals surface area contributed by atoms with E-state index in [-0.39, 0.29) is 17.2 Å². The Balaban J connectivity index is 1.99. The minimum absolute atomic E-state index is 0.0357. The van der Waals surface area contributed by atoms with Crippen molar-refractivity contribution in [2.24, 2.45) is 0 Å². The zero-order valence-electron chi connectivity index (χ0n) is 13.9. The van der Waals surface area contributed by atoms with Crippen molar-refractivity contribution in [1.29, 1.82) is 0 Å². The molecule has 0 amide bonds. The van der Waals surface area contributed by atoms with E-state index in [2.05, 4.69) is 15.0 Å². The summed E-state index contributed by atoms with van der Waals surface area (Å²) in [5, 5.41) is 0. The molecule has 0 saturated heterocycles. The number of alkyl halides is 3. The molecule has 0 fully saturated rings. The zero-order chi connectivity index (χ0) is 18.7. The molecule has 0 aliphatic rings. The lowest BCUT2D eigenvalue weighted by molar-refractivity contribution is -0.141. The van der Waals surface area contributed by atoms with Gasteiger partial charge in [-0.15, -0.1) is 0 Å². The summed E-state index contributed by atoms with van der Waals surface area (Å²) in [7, 11) is 1.53. The molecule has 3 heterocycles. The molecule has 0 atom stereocenters. The lowest BCUT2D eigenvalue weighted by Crippen LogP contribution is -2.10. The average molecular weight is 361 g/mol. The van der Waals surface area contributed by atoms with Crippen LogP contribution in [-0.2, 0) is 6.18 Å². The molecule has 0 N–H and O–H groups in total. The second-order valence-electron chi connectivity index (χ2n) is 5.37. The van der Waals surface area contributed by atoms with Crippen LogP contribution in [0.15, 0.2) is 49.1 Å². The van der Waals surface area contributed by atoms with Crippen molar-refractivity contribution < 1.29 is 22.6 Å². The number of rotatable bonds is 4. The highest BCUT2D eigenvalue weighted by molar-refractivity contribution is 5.73. The molecule has 3 rings (SSSR count). The predicted molar refractivity (Wildman–Crippen MR) is 88.1 cm³/mol. The van der Waals surface area contributed by atoms with Gasteiger partial charge in [-0.2, -0.15) is 13.2 Å². The van der Waals surface area contributed by atoms with E-state index in [0.717, 1.165) is 6.20 Å². The highest BCUT2D eigenvalue weighted by atomic mass is 19.4. The summed E-state index contributed by atoms with van der Waals surface area (Å²) in [6, 6.07) is 6.43. The minimum Gasteiger partial charge on any atom is -0.496 e. The summed E-state index contributed by atoms with van der Waals surface area (Å²) >= 11 is 0. The normalized spacial score (nSPS) is 11.3. The van der Waals surface area contributed by atoms with Gasteiger partial charge in [0.25, 0.3) is 0 Å². The van der Waals surface area contributed by atoms with Gasteiger partial charge in [-0.3, -0.25) is 4.98 Å². The molecule has 0 aliphatic heterocycles. The van der Waals surface area contributed by atoms with E-state index in [9.17, 15) is 13.2 Å². The van der Waals surface area contributed by atoms with Gasteiger partial charge in [-0.1, -0.05) is 0 Å². The van der Waals surface area contributed by atoms with Crippen molar-refractivity contribution >= 4 is 0 Å². The van der Waals surface area contributed by atoms with E-state index in [0.29, 0.717) is 16.9 Å². The molecule has 0 spiro atoms. The van der Waals surface area contributed by atoms with E-state index in [4.69, 9.17) is 9.47 Å². The molecular weight excluding hydrogens is 347 g/mol. The third-order valence-corrected chi connectivity index (χ3v) is 3.60. The number of hydrogen-bond donors (Lipinski definition) is 0. The molecule has 26 heavy (non-hydrogen) atoms. The fraction of sp³-hybridized carbons (Fsp3) is 0.167. The van der Waals surface area contributed by atoms with Crippen LogP contribution in [0.25, 0.3) is 11.1 Å². The first-order valence-corrected chi connectivity index (χ1v) is 7.55. The number of aromatic nitrogens is 3. The molecular formula is C18H14F3N3O2. The molecule has 0 unspecified atom stereocenters. The van der Waals surface area contributed by atoms with Gasteiger partial charge in [0.05, 0.1) is 13.3 Å². The number of hydrogen-bond acceptors (Lipinski definition) is 5. The fourth-order valence-corrected chi connectivity index (χ4v) is 2.45. The maximum atomic E-state index is 12.8. The SMILES string of the molecule is COc1ccncc1-c1cccnc1Oc1cnc(C(F)(F)F)c(C)c1. The van der Waals surface area contributed by atoms with Gasteiger partial charge < -0.3 is 9.47 Å². The first-order valence-electron chi connectivity index (χ1n) is 7.55. The maximum absolute atomic E-state index is 12.8. The average Bonchev–Trinajstić information content (AvgIpc) is 2.61. The number of halogens is 3.